The fraction of sp³-hybridized carbons (Fsp3) is 0.333. The molecule has 0 saturated heterocycles. The fourth-order valence-electron chi connectivity index (χ4n) is 1.66. The average molecular weight is 301 g/mol. The number of hydrogen-bond acceptors (Lipinski definition) is 4. The zero-order valence-electron chi connectivity index (χ0n) is 11.4. The Balaban J connectivity index is 3.10. The number of benzene rings is 1. The van der Waals surface area contributed by atoms with Crippen molar-refractivity contribution in [2.24, 2.45) is 10.7 Å². The quantitative estimate of drug-likeness (QED) is 0.377. The Morgan fingerprint density at radius 1 is 1.55 bits per heavy atom. The van der Waals surface area contributed by atoms with E-state index in [4.69, 9.17) is 17.3 Å². The van der Waals surface area contributed by atoms with Crippen molar-refractivity contribution in [3.05, 3.63) is 16.7 Å². The molecule has 0 aliphatic carbocycles. The zero-order valence-corrected chi connectivity index (χ0v) is 12.2. The predicted octanol–water partition coefficient (Wildman–Crippen LogP) is 1.54. The van der Waals surface area contributed by atoms with Crippen LogP contribution in [0.1, 0.15) is 12.5 Å². The molecule has 110 valence electrons. The maximum absolute atomic E-state index is 12.0. The molecule has 1 aromatic rings. The molecular weight excluding hydrogens is 284 g/mol. The van der Waals surface area contributed by atoms with E-state index < -0.39 is 6.03 Å². The van der Waals surface area contributed by atoms with Gasteiger partial charge >= 0.3 is 6.03 Å². The molecule has 0 fully saturated rings. The first kappa shape index (κ1) is 15.9. The molecule has 0 radical (unpaired) electrons. The Morgan fingerprint density at radius 2 is 2.15 bits per heavy atom. The van der Waals surface area contributed by atoms with Crippen LogP contribution in [0.25, 0.3) is 0 Å². The number of halogens is 1. The summed E-state index contributed by atoms with van der Waals surface area (Å²) in [4.78, 5) is 17.0. The number of nitrogens with two attached hydrogens (primary N) is 1. The summed E-state index contributed by atoms with van der Waals surface area (Å²) in [5, 5.41) is 21.6. The Hall–Kier alpha value is -2.15. The van der Waals surface area contributed by atoms with Crippen LogP contribution in [0.4, 0.5) is 10.5 Å². The number of phenols is 2. The smallest absolute Gasteiger partial charge is 0.328 e. The largest absolute Gasteiger partial charge is 0.504 e. The number of carbonyl (C=O) groups excluding carboxylic acids is 1. The summed E-state index contributed by atoms with van der Waals surface area (Å²) in [6.45, 7) is 3.75. The second-order valence-electron chi connectivity index (χ2n) is 4.05. The van der Waals surface area contributed by atoms with Crippen LogP contribution in [0, 0.1) is 6.92 Å². The molecule has 8 heteroatoms. The Bertz CT molecular complexity index is 560. The molecule has 0 unspecified atom stereocenters. The number of urea groups is 1. The van der Waals surface area contributed by atoms with Gasteiger partial charge in [-0.3, -0.25) is 15.2 Å². The van der Waals surface area contributed by atoms with Gasteiger partial charge in [-0.2, -0.15) is 0 Å². The lowest BCUT2D eigenvalue weighted by atomic mass is 10.1. The summed E-state index contributed by atoms with van der Waals surface area (Å²) < 4.78 is 0. The van der Waals surface area contributed by atoms with E-state index in [1.54, 1.807) is 6.92 Å². The van der Waals surface area contributed by atoms with Gasteiger partial charge in [0.1, 0.15) is 0 Å². The number of aromatic hydroxyl groups is 2. The van der Waals surface area contributed by atoms with Crippen molar-refractivity contribution in [3.8, 4) is 11.5 Å². The highest BCUT2D eigenvalue weighted by Crippen LogP contribution is 2.40. The van der Waals surface area contributed by atoms with Gasteiger partial charge in [-0.05, 0) is 13.8 Å². The van der Waals surface area contributed by atoms with Crippen molar-refractivity contribution in [1.29, 1.82) is 0 Å². The lowest BCUT2D eigenvalue weighted by Crippen LogP contribution is -2.44. The molecule has 2 amide bonds. The third-order valence-electron chi connectivity index (χ3n) is 2.65. The highest BCUT2D eigenvalue weighted by molar-refractivity contribution is 6.34. The first-order valence-corrected chi connectivity index (χ1v) is 6.23. The van der Waals surface area contributed by atoms with Gasteiger partial charge in [0.15, 0.2) is 17.5 Å². The SMILES string of the molecule is CCN=C(N)NC(=O)N(C)c1c(Cl)cc(O)c(O)c1C. The van der Waals surface area contributed by atoms with Crippen molar-refractivity contribution in [2.45, 2.75) is 13.8 Å². The lowest BCUT2D eigenvalue weighted by Gasteiger charge is -2.22. The van der Waals surface area contributed by atoms with Crippen molar-refractivity contribution in [1.82, 2.24) is 5.32 Å². The van der Waals surface area contributed by atoms with Gasteiger partial charge in [-0.15, -0.1) is 0 Å². The van der Waals surface area contributed by atoms with Gasteiger partial charge in [0.05, 0.1) is 10.7 Å². The third-order valence-corrected chi connectivity index (χ3v) is 2.93. The predicted molar refractivity (Wildman–Crippen MR) is 78.6 cm³/mol. The standard InChI is InChI=1S/C12H17ClN4O3/c1-4-15-11(14)16-12(20)17(3)9-6(2)10(19)8(18)5-7(9)13/h5,18-19H,4H2,1-3H3,(H3,14,15,16,20). The summed E-state index contributed by atoms with van der Waals surface area (Å²) in [5.41, 5.74) is 6.04. The van der Waals surface area contributed by atoms with E-state index in [1.165, 1.54) is 18.9 Å². The van der Waals surface area contributed by atoms with Crippen LogP contribution in [0.3, 0.4) is 0 Å². The summed E-state index contributed by atoms with van der Waals surface area (Å²) in [6.07, 6.45) is 0. The van der Waals surface area contributed by atoms with Crippen LogP contribution in [-0.4, -0.2) is 35.8 Å². The van der Waals surface area contributed by atoms with E-state index in [1.807, 2.05) is 0 Å². The van der Waals surface area contributed by atoms with Crippen molar-refractivity contribution in [3.63, 3.8) is 0 Å². The van der Waals surface area contributed by atoms with Crippen LogP contribution in [-0.2, 0) is 0 Å². The highest BCUT2D eigenvalue weighted by atomic mass is 35.5. The first-order valence-electron chi connectivity index (χ1n) is 5.85. The van der Waals surface area contributed by atoms with Crippen LogP contribution in [0.5, 0.6) is 11.5 Å². The van der Waals surface area contributed by atoms with Gasteiger partial charge in [0.25, 0.3) is 0 Å². The molecule has 0 spiro atoms. The molecule has 5 N–H and O–H groups in total. The highest BCUT2D eigenvalue weighted by Gasteiger charge is 2.21. The normalized spacial score (nSPS) is 11.3. The number of hydrogen-bond donors (Lipinski definition) is 4. The topological polar surface area (TPSA) is 111 Å². The maximum Gasteiger partial charge on any atom is 0.328 e. The molecule has 0 aliphatic heterocycles. The monoisotopic (exact) mass is 300 g/mol. The second kappa shape index (κ2) is 6.33. The van der Waals surface area contributed by atoms with Crippen LogP contribution in [0.15, 0.2) is 11.1 Å². The van der Waals surface area contributed by atoms with E-state index in [0.29, 0.717) is 6.54 Å². The average Bonchev–Trinajstić information content (AvgIpc) is 2.36. The molecule has 0 saturated carbocycles. The molecule has 0 heterocycles. The number of anilines is 1. The molecule has 20 heavy (non-hydrogen) atoms. The molecule has 0 aliphatic rings. The Labute approximate surface area is 121 Å². The molecule has 0 bridgehead atoms. The summed E-state index contributed by atoms with van der Waals surface area (Å²) in [6, 6.07) is 0.599. The van der Waals surface area contributed by atoms with Crippen molar-refractivity contribution in [2.75, 3.05) is 18.5 Å². The summed E-state index contributed by atoms with van der Waals surface area (Å²) in [5.74, 6) is -0.697. The number of nitrogens with one attached hydrogen (secondary N) is 1. The molecule has 7 nitrogen and oxygen atoms in total. The van der Waals surface area contributed by atoms with Gasteiger partial charge in [0, 0.05) is 25.2 Å². The minimum Gasteiger partial charge on any atom is -0.504 e. The van der Waals surface area contributed by atoms with Crippen LogP contribution in [0.2, 0.25) is 5.02 Å². The lowest BCUT2D eigenvalue weighted by molar-refractivity contribution is 0.251. The first-order chi connectivity index (χ1) is 9.29. The van der Waals surface area contributed by atoms with E-state index in [9.17, 15) is 15.0 Å². The fourth-order valence-corrected chi connectivity index (χ4v) is 2.03. The number of carbonyl (C=O) groups is 1. The molecule has 0 aromatic heterocycles. The molecule has 1 rings (SSSR count). The Morgan fingerprint density at radius 3 is 2.70 bits per heavy atom. The van der Waals surface area contributed by atoms with Gasteiger partial charge in [0.2, 0.25) is 0 Å². The number of aliphatic imine (C=N–C) groups is 1. The van der Waals surface area contributed by atoms with E-state index in [0.717, 1.165) is 6.07 Å². The minimum atomic E-state index is -0.560. The maximum atomic E-state index is 12.0. The number of amides is 2. The number of nitrogens with zero attached hydrogens (tertiary/aromatic N) is 2. The summed E-state index contributed by atoms with van der Waals surface area (Å²) >= 11 is 5.99. The Kier molecular flexibility index (Phi) is 5.04. The van der Waals surface area contributed by atoms with Crippen molar-refractivity contribution >= 4 is 29.3 Å². The van der Waals surface area contributed by atoms with Crippen LogP contribution < -0.4 is 16.0 Å². The van der Waals surface area contributed by atoms with E-state index in [2.05, 4.69) is 10.3 Å². The zero-order chi connectivity index (χ0) is 15.4. The molecular formula is C12H17ClN4O3. The number of phenolic OH excluding ortho intramolecular Hbond substituents is 2. The third kappa shape index (κ3) is 3.24. The van der Waals surface area contributed by atoms with Gasteiger partial charge in [-0.1, -0.05) is 11.6 Å². The second-order valence-corrected chi connectivity index (χ2v) is 4.46. The van der Waals surface area contributed by atoms with Crippen molar-refractivity contribution < 1.29 is 15.0 Å². The van der Waals surface area contributed by atoms with E-state index in [-0.39, 0.29) is 33.7 Å². The minimum absolute atomic E-state index is 0.0128. The number of guanidine groups is 1. The molecule has 1 aromatic carbocycles. The van der Waals surface area contributed by atoms with Gasteiger partial charge in [-0.25, -0.2) is 4.79 Å². The summed E-state index contributed by atoms with van der Waals surface area (Å²) in [7, 11) is 1.46. The molecule has 0 atom stereocenters. The van der Waals surface area contributed by atoms with E-state index >= 15 is 0 Å². The van der Waals surface area contributed by atoms with Gasteiger partial charge < -0.3 is 15.9 Å². The van der Waals surface area contributed by atoms with Crippen LogP contribution >= 0.6 is 11.6 Å². The number of rotatable bonds is 2.